The number of anilines is 1. The first-order chi connectivity index (χ1) is 9.88. The summed E-state index contributed by atoms with van der Waals surface area (Å²) < 4.78 is 2.54. The van der Waals surface area contributed by atoms with Gasteiger partial charge in [-0.15, -0.1) is 0 Å². The molecule has 0 saturated carbocycles. The molecule has 0 bridgehead atoms. The van der Waals surface area contributed by atoms with Crippen LogP contribution in [0.25, 0.3) is 0 Å². The van der Waals surface area contributed by atoms with Crippen LogP contribution in [0.4, 0.5) is 5.69 Å². The third-order valence-corrected chi connectivity index (χ3v) is 4.10. The molecule has 1 amide bonds. The number of aryl methyl sites for hydroxylation is 3. The Hall–Kier alpha value is -1.95. The highest BCUT2D eigenvalue weighted by Gasteiger charge is 2.37. The van der Waals surface area contributed by atoms with Gasteiger partial charge in [0.1, 0.15) is 0 Å². The monoisotopic (exact) mass is 347 g/mol. The molecule has 3 rings (SSSR count). The van der Waals surface area contributed by atoms with Crippen molar-refractivity contribution in [3.8, 4) is 0 Å². The number of amides is 1. The second-order valence-electron chi connectivity index (χ2n) is 5.24. The van der Waals surface area contributed by atoms with E-state index in [1.807, 2.05) is 33.0 Å². The van der Waals surface area contributed by atoms with E-state index in [1.54, 1.807) is 10.7 Å². The third-order valence-electron chi connectivity index (χ3n) is 3.64. The van der Waals surface area contributed by atoms with E-state index in [0.29, 0.717) is 17.8 Å². The number of hydrogen-bond donors (Lipinski definition) is 0. The molecule has 108 valence electrons. The van der Waals surface area contributed by atoms with Crippen LogP contribution in [0, 0.1) is 13.8 Å². The number of halogens is 1. The fraction of sp³-hybridized carbons (Fsp3) is 0.267. The van der Waals surface area contributed by atoms with Crippen molar-refractivity contribution in [3.63, 3.8) is 0 Å². The number of rotatable bonds is 2. The largest absolute Gasteiger partial charge is 0.299 e. The molecular formula is C15H14BrN3O2. The molecule has 2 heterocycles. The summed E-state index contributed by atoms with van der Waals surface area (Å²) in [5.41, 5.74) is 3.84. The Balaban J connectivity index is 2.07. The molecule has 0 aliphatic carbocycles. The Morgan fingerprint density at radius 2 is 1.90 bits per heavy atom. The minimum Gasteiger partial charge on any atom is -0.299 e. The summed E-state index contributed by atoms with van der Waals surface area (Å²) in [6, 6.07) is 5.53. The number of carbonyl (C=O) groups excluding carboxylic acids is 2. The summed E-state index contributed by atoms with van der Waals surface area (Å²) in [5, 5.41) is 4.28. The topological polar surface area (TPSA) is 55.2 Å². The molecule has 21 heavy (non-hydrogen) atoms. The maximum absolute atomic E-state index is 12.3. The number of ketones is 1. The van der Waals surface area contributed by atoms with Crippen molar-refractivity contribution in [1.82, 2.24) is 9.78 Å². The smallest absolute Gasteiger partial charge is 0.299 e. The molecule has 0 N–H and O–H groups in total. The van der Waals surface area contributed by atoms with Gasteiger partial charge in [0.15, 0.2) is 0 Å². The highest BCUT2D eigenvalue weighted by Crippen LogP contribution is 2.35. The summed E-state index contributed by atoms with van der Waals surface area (Å²) in [6.07, 6.45) is 0. The molecule has 5 nitrogen and oxygen atoms in total. The summed E-state index contributed by atoms with van der Waals surface area (Å²) in [7, 11) is 1.83. The number of carbonyl (C=O) groups is 2. The van der Waals surface area contributed by atoms with Crippen molar-refractivity contribution < 1.29 is 9.59 Å². The van der Waals surface area contributed by atoms with Crippen molar-refractivity contribution >= 4 is 33.3 Å². The SMILES string of the molecule is Cc1cc(CN2C(=O)C(=O)c3cc(Br)cc(C)c32)n(C)n1. The van der Waals surface area contributed by atoms with Crippen LogP contribution in [0.15, 0.2) is 22.7 Å². The molecule has 0 saturated heterocycles. The van der Waals surface area contributed by atoms with Crippen molar-refractivity contribution in [1.29, 1.82) is 0 Å². The van der Waals surface area contributed by atoms with E-state index in [0.717, 1.165) is 21.4 Å². The van der Waals surface area contributed by atoms with Gasteiger partial charge in [-0.05, 0) is 37.6 Å². The molecule has 0 radical (unpaired) electrons. The summed E-state index contributed by atoms with van der Waals surface area (Å²) in [6.45, 7) is 4.14. The van der Waals surface area contributed by atoms with E-state index < -0.39 is 11.7 Å². The highest BCUT2D eigenvalue weighted by atomic mass is 79.9. The van der Waals surface area contributed by atoms with E-state index in [2.05, 4.69) is 21.0 Å². The van der Waals surface area contributed by atoms with Crippen molar-refractivity contribution in [2.75, 3.05) is 4.90 Å². The second-order valence-corrected chi connectivity index (χ2v) is 6.16. The highest BCUT2D eigenvalue weighted by molar-refractivity contribution is 9.10. The van der Waals surface area contributed by atoms with Gasteiger partial charge < -0.3 is 0 Å². The van der Waals surface area contributed by atoms with E-state index >= 15 is 0 Å². The molecule has 6 heteroatoms. The predicted octanol–water partition coefficient (Wildman–Crippen LogP) is 2.53. The Labute approximate surface area is 130 Å². The fourth-order valence-electron chi connectivity index (χ4n) is 2.73. The lowest BCUT2D eigenvalue weighted by Gasteiger charge is -2.18. The van der Waals surface area contributed by atoms with Crippen LogP contribution in [-0.2, 0) is 18.4 Å². The number of benzene rings is 1. The Bertz CT molecular complexity index is 779. The maximum atomic E-state index is 12.3. The summed E-state index contributed by atoms with van der Waals surface area (Å²) in [5.74, 6) is -0.932. The number of nitrogens with zero attached hydrogens (tertiary/aromatic N) is 3. The van der Waals surface area contributed by atoms with Gasteiger partial charge in [0.2, 0.25) is 0 Å². The molecular weight excluding hydrogens is 334 g/mol. The number of aromatic nitrogens is 2. The molecule has 0 atom stereocenters. The molecule has 0 spiro atoms. The molecule has 0 fully saturated rings. The average molecular weight is 348 g/mol. The lowest BCUT2D eigenvalue weighted by atomic mass is 10.1. The van der Waals surface area contributed by atoms with Crippen LogP contribution in [0.5, 0.6) is 0 Å². The lowest BCUT2D eigenvalue weighted by Crippen LogP contribution is -2.30. The third kappa shape index (κ3) is 2.19. The Kier molecular flexibility index (Phi) is 3.20. The number of Topliss-reactive ketones (excluding diaryl/α,β-unsaturated/α-hetero) is 1. The number of hydrogen-bond acceptors (Lipinski definition) is 3. The number of fused-ring (bicyclic) bond motifs is 1. The standard InChI is InChI=1S/C15H14BrN3O2/c1-8-4-10(16)6-12-13(8)19(15(21)14(12)20)7-11-5-9(2)17-18(11)3/h4-6H,7H2,1-3H3. The van der Waals surface area contributed by atoms with Crippen LogP contribution in [0.1, 0.15) is 27.3 Å². The fourth-order valence-corrected chi connectivity index (χ4v) is 3.30. The first-order valence-corrected chi connectivity index (χ1v) is 7.33. The van der Waals surface area contributed by atoms with Crippen molar-refractivity contribution in [3.05, 3.63) is 45.2 Å². The maximum Gasteiger partial charge on any atom is 0.299 e. The van der Waals surface area contributed by atoms with Crippen LogP contribution >= 0.6 is 15.9 Å². The zero-order valence-corrected chi connectivity index (χ0v) is 13.6. The summed E-state index contributed by atoms with van der Waals surface area (Å²) >= 11 is 3.37. The van der Waals surface area contributed by atoms with E-state index in [1.165, 1.54) is 4.90 Å². The molecule has 1 aromatic heterocycles. The Morgan fingerprint density at radius 3 is 2.52 bits per heavy atom. The first-order valence-electron chi connectivity index (χ1n) is 6.54. The van der Waals surface area contributed by atoms with E-state index in [-0.39, 0.29) is 0 Å². The summed E-state index contributed by atoms with van der Waals surface area (Å²) in [4.78, 5) is 26.0. The van der Waals surface area contributed by atoms with Crippen molar-refractivity contribution in [2.45, 2.75) is 20.4 Å². The lowest BCUT2D eigenvalue weighted by molar-refractivity contribution is -0.114. The zero-order chi connectivity index (χ0) is 15.3. The molecule has 0 unspecified atom stereocenters. The van der Waals surface area contributed by atoms with Gasteiger partial charge in [0.05, 0.1) is 29.2 Å². The van der Waals surface area contributed by atoms with Gasteiger partial charge >= 0.3 is 0 Å². The molecule has 2 aromatic rings. The quantitative estimate of drug-likeness (QED) is 0.784. The normalized spacial score (nSPS) is 14.0. The van der Waals surface area contributed by atoms with Crippen molar-refractivity contribution in [2.24, 2.45) is 7.05 Å². The van der Waals surface area contributed by atoms with Crippen LogP contribution < -0.4 is 4.90 Å². The first kappa shape index (κ1) is 14.0. The van der Waals surface area contributed by atoms with Crippen LogP contribution in [-0.4, -0.2) is 21.5 Å². The van der Waals surface area contributed by atoms with E-state index in [4.69, 9.17) is 0 Å². The second kappa shape index (κ2) is 4.80. The van der Waals surface area contributed by atoms with Gasteiger partial charge in [-0.25, -0.2) is 0 Å². The molecule has 1 aliphatic heterocycles. The predicted molar refractivity (Wildman–Crippen MR) is 82.3 cm³/mol. The van der Waals surface area contributed by atoms with Crippen LogP contribution in [0.2, 0.25) is 0 Å². The van der Waals surface area contributed by atoms with Gasteiger partial charge in [-0.3, -0.25) is 19.2 Å². The van der Waals surface area contributed by atoms with E-state index in [9.17, 15) is 9.59 Å². The average Bonchev–Trinajstić information content (AvgIpc) is 2.83. The van der Waals surface area contributed by atoms with Gasteiger partial charge in [-0.2, -0.15) is 5.10 Å². The van der Waals surface area contributed by atoms with Crippen LogP contribution in [0.3, 0.4) is 0 Å². The van der Waals surface area contributed by atoms with Gasteiger partial charge in [0.25, 0.3) is 11.7 Å². The van der Waals surface area contributed by atoms with Gasteiger partial charge in [-0.1, -0.05) is 15.9 Å². The minimum atomic E-state index is -0.481. The zero-order valence-electron chi connectivity index (χ0n) is 12.0. The van der Waals surface area contributed by atoms with Gasteiger partial charge in [0, 0.05) is 11.5 Å². The molecule has 1 aromatic carbocycles. The minimum absolute atomic E-state index is 0.345. The Morgan fingerprint density at radius 1 is 1.19 bits per heavy atom. The molecule has 1 aliphatic rings.